The summed E-state index contributed by atoms with van der Waals surface area (Å²) in [5, 5.41) is 7.08. The first kappa shape index (κ1) is 23.5. The van der Waals surface area contributed by atoms with Crippen LogP contribution in [0.3, 0.4) is 0 Å². The molecule has 9 nitrogen and oxygen atoms in total. The van der Waals surface area contributed by atoms with Gasteiger partial charge in [0.15, 0.2) is 5.69 Å². The number of benzene rings is 2. The molecule has 2 aromatic carbocycles. The van der Waals surface area contributed by atoms with E-state index < -0.39 is 6.04 Å². The average molecular weight is 492 g/mol. The van der Waals surface area contributed by atoms with Gasteiger partial charge in [-0.25, -0.2) is 4.39 Å². The highest BCUT2D eigenvalue weighted by atomic mass is 19.1. The first-order valence-corrected chi connectivity index (χ1v) is 11.7. The van der Waals surface area contributed by atoms with Crippen molar-refractivity contribution in [2.45, 2.75) is 25.9 Å². The number of hydrogen-bond donors (Lipinski definition) is 1. The third kappa shape index (κ3) is 3.88. The van der Waals surface area contributed by atoms with E-state index in [-0.39, 0.29) is 42.4 Å². The standard InChI is InChI=1S/C26H26FN5O4/c1-15-18-10-11-31(26(35)23(18)29-32(15)13-17-6-4-5-7-19(17)27)21-14-36-22-12-16(24(33)28-2)8-9-20(22)30(3)25(21)34/h4-9,12,21H,10-11,13-14H2,1-3H3,(H,28,33)/t21-/m0/s1. The maximum Gasteiger partial charge on any atom is 0.275 e. The second-order valence-corrected chi connectivity index (χ2v) is 8.90. The summed E-state index contributed by atoms with van der Waals surface area (Å²) in [6, 6.07) is 10.5. The summed E-state index contributed by atoms with van der Waals surface area (Å²) in [6.45, 7) is 2.34. The second kappa shape index (κ2) is 9.10. The molecule has 1 atom stereocenters. The van der Waals surface area contributed by atoms with Gasteiger partial charge in [0.1, 0.15) is 24.2 Å². The number of fused-ring (bicyclic) bond motifs is 2. The Labute approximate surface area is 207 Å². The van der Waals surface area contributed by atoms with Gasteiger partial charge in [-0.2, -0.15) is 5.10 Å². The Balaban J connectivity index is 1.41. The molecule has 2 aliphatic heterocycles. The Hall–Kier alpha value is -4.21. The summed E-state index contributed by atoms with van der Waals surface area (Å²) >= 11 is 0. The lowest BCUT2D eigenvalue weighted by Gasteiger charge is -2.33. The van der Waals surface area contributed by atoms with Gasteiger partial charge >= 0.3 is 0 Å². The number of nitrogens with zero attached hydrogens (tertiary/aromatic N) is 4. The molecule has 36 heavy (non-hydrogen) atoms. The molecular weight excluding hydrogens is 465 g/mol. The molecule has 0 saturated heterocycles. The minimum Gasteiger partial charge on any atom is -0.489 e. The third-order valence-electron chi connectivity index (χ3n) is 6.87. The van der Waals surface area contributed by atoms with Gasteiger partial charge in [0.05, 0.1) is 12.2 Å². The Bertz CT molecular complexity index is 1380. The summed E-state index contributed by atoms with van der Waals surface area (Å²) in [5.41, 5.74) is 3.29. The fourth-order valence-electron chi connectivity index (χ4n) is 4.76. The monoisotopic (exact) mass is 491 g/mol. The van der Waals surface area contributed by atoms with E-state index >= 15 is 0 Å². The minimum atomic E-state index is -0.858. The van der Waals surface area contributed by atoms with Gasteiger partial charge in [-0.1, -0.05) is 18.2 Å². The van der Waals surface area contributed by atoms with E-state index in [0.717, 1.165) is 11.3 Å². The molecular formula is C26H26FN5O4. The van der Waals surface area contributed by atoms with Crippen molar-refractivity contribution in [3.8, 4) is 5.75 Å². The maximum atomic E-state index is 14.2. The van der Waals surface area contributed by atoms with Gasteiger partial charge < -0.3 is 19.9 Å². The third-order valence-corrected chi connectivity index (χ3v) is 6.87. The van der Waals surface area contributed by atoms with Gasteiger partial charge in [-0.15, -0.1) is 0 Å². The average Bonchev–Trinajstić information content (AvgIpc) is 3.14. The Kier molecular flexibility index (Phi) is 5.95. The van der Waals surface area contributed by atoms with E-state index in [0.29, 0.717) is 35.5 Å². The van der Waals surface area contributed by atoms with Crippen LogP contribution in [0.2, 0.25) is 0 Å². The highest BCUT2D eigenvalue weighted by molar-refractivity contribution is 6.04. The van der Waals surface area contributed by atoms with Crippen LogP contribution in [0.5, 0.6) is 5.75 Å². The van der Waals surface area contributed by atoms with Crippen LogP contribution in [0, 0.1) is 12.7 Å². The second-order valence-electron chi connectivity index (χ2n) is 8.90. The predicted molar refractivity (Wildman–Crippen MR) is 130 cm³/mol. The smallest absolute Gasteiger partial charge is 0.275 e. The van der Waals surface area contributed by atoms with E-state index in [4.69, 9.17) is 4.74 Å². The molecule has 10 heteroatoms. The molecule has 2 aliphatic rings. The molecule has 0 fully saturated rings. The number of anilines is 1. The number of carbonyl (C=O) groups excluding carboxylic acids is 3. The maximum absolute atomic E-state index is 14.2. The number of amides is 3. The normalized spacial score (nSPS) is 17.3. The van der Waals surface area contributed by atoms with E-state index in [1.807, 2.05) is 6.92 Å². The molecule has 3 amide bonds. The number of carbonyl (C=O) groups is 3. The van der Waals surface area contributed by atoms with Crippen LogP contribution in [0.25, 0.3) is 0 Å². The van der Waals surface area contributed by atoms with Crippen LogP contribution in [-0.2, 0) is 17.8 Å². The summed E-state index contributed by atoms with van der Waals surface area (Å²) in [5.74, 6) is -0.859. The molecule has 186 valence electrons. The zero-order valence-corrected chi connectivity index (χ0v) is 20.2. The zero-order valence-electron chi connectivity index (χ0n) is 20.2. The Morgan fingerprint density at radius 1 is 1.22 bits per heavy atom. The quantitative estimate of drug-likeness (QED) is 0.604. The predicted octanol–water partition coefficient (Wildman–Crippen LogP) is 2.16. The van der Waals surface area contributed by atoms with Gasteiger partial charge in [-0.3, -0.25) is 19.1 Å². The highest BCUT2D eigenvalue weighted by Gasteiger charge is 2.40. The molecule has 0 saturated carbocycles. The molecule has 0 spiro atoms. The fourth-order valence-corrected chi connectivity index (χ4v) is 4.76. The number of likely N-dealkylation sites (N-methyl/N-ethyl adjacent to an activating group) is 1. The molecule has 0 radical (unpaired) electrons. The van der Waals surface area contributed by atoms with Crippen LogP contribution in [0.1, 0.15) is 37.7 Å². The highest BCUT2D eigenvalue weighted by Crippen LogP contribution is 2.33. The van der Waals surface area contributed by atoms with Gasteiger partial charge in [0.25, 0.3) is 17.7 Å². The molecule has 1 N–H and O–H groups in total. The van der Waals surface area contributed by atoms with Crippen molar-refractivity contribution in [2.24, 2.45) is 0 Å². The summed E-state index contributed by atoms with van der Waals surface area (Å²) in [6.07, 6.45) is 0.519. The van der Waals surface area contributed by atoms with Crippen molar-refractivity contribution in [1.29, 1.82) is 0 Å². The van der Waals surface area contributed by atoms with Crippen molar-refractivity contribution >= 4 is 23.4 Å². The first-order valence-electron chi connectivity index (χ1n) is 11.7. The largest absolute Gasteiger partial charge is 0.489 e. The molecule has 3 heterocycles. The van der Waals surface area contributed by atoms with Crippen molar-refractivity contribution in [2.75, 3.05) is 32.1 Å². The SMILES string of the molecule is CNC(=O)c1ccc2c(c1)OC[C@H](N1CCc3c(nn(Cc4ccccc4F)c3C)C1=O)C(=O)N2C. The number of ether oxygens (including phenoxy) is 1. The zero-order chi connectivity index (χ0) is 25.6. The van der Waals surface area contributed by atoms with E-state index in [1.165, 1.54) is 22.9 Å². The lowest BCUT2D eigenvalue weighted by Crippen LogP contribution is -2.54. The van der Waals surface area contributed by atoms with Crippen LogP contribution in [0.15, 0.2) is 42.5 Å². The number of rotatable bonds is 4. The lowest BCUT2D eigenvalue weighted by atomic mass is 10.0. The van der Waals surface area contributed by atoms with E-state index in [1.54, 1.807) is 48.1 Å². The summed E-state index contributed by atoms with van der Waals surface area (Å²) in [4.78, 5) is 41.9. The lowest BCUT2D eigenvalue weighted by molar-refractivity contribution is -0.123. The summed E-state index contributed by atoms with van der Waals surface area (Å²) in [7, 11) is 3.16. The number of aromatic nitrogens is 2. The van der Waals surface area contributed by atoms with Crippen LogP contribution >= 0.6 is 0 Å². The molecule has 0 bridgehead atoms. The number of halogens is 1. The topological polar surface area (TPSA) is 96.8 Å². The number of nitrogens with one attached hydrogen (secondary N) is 1. The van der Waals surface area contributed by atoms with Crippen molar-refractivity contribution in [1.82, 2.24) is 20.0 Å². The van der Waals surface area contributed by atoms with E-state index in [2.05, 4.69) is 10.4 Å². The Morgan fingerprint density at radius 2 is 2.00 bits per heavy atom. The van der Waals surface area contributed by atoms with Crippen LogP contribution in [-0.4, -0.2) is 65.7 Å². The first-order chi connectivity index (χ1) is 17.3. The molecule has 0 unspecified atom stereocenters. The van der Waals surface area contributed by atoms with Crippen molar-refractivity contribution < 1.29 is 23.5 Å². The molecule has 0 aliphatic carbocycles. The molecule has 1 aromatic heterocycles. The van der Waals surface area contributed by atoms with Crippen molar-refractivity contribution in [3.05, 3.63) is 76.4 Å². The van der Waals surface area contributed by atoms with Crippen molar-refractivity contribution in [3.63, 3.8) is 0 Å². The van der Waals surface area contributed by atoms with Gasteiger partial charge in [0, 0.05) is 43.0 Å². The van der Waals surface area contributed by atoms with Gasteiger partial charge in [-0.05, 0) is 37.6 Å². The van der Waals surface area contributed by atoms with Crippen LogP contribution < -0.4 is 15.0 Å². The molecule has 3 aromatic rings. The number of hydrogen-bond acceptors (Lipinski definition) is 5. The summed E-state index contributed by atoms with van der Waals surface area (Å²) < 4.78 is 21.8. The molecule has 5 rings (SSSR count). The fraction of sp³-hybridized carbons (Fsp3) is 0.308. The minimum absolute atomic E-state index is 0.0522. The van der Waals surface area contributed by atoms with E-state index in [9.17, 15) is 18.8 Å². The Morgan fingerprint density at radius 3 is 2.75 bits per heavy atom. The van der Waals surface area contributed by atoms with Crippen LogP contribution in [0.4, 0.5) is 10.1 Å². The van der Waals surface area contributed by atoms with Gasteiger partial charge in [0.2, 0.25) is 0 Å².